The minimum Gasteiger partial charge on any atom is -0.323 e. The molecule has 1 nitrogen and oxygen atoms in total. The molecular weight excluding hydrogens is 184 g/mol. The first-order valence-corrected chi connectivity index (χ1v) is 4.40. The fourth-order valence-electron chi connectivity index (χ4n) is 1.24. The summed E-state index contributed by atoms with van der Waals surface area (Å²) in [7, 11) is 0. The van der Waals surface area contributed by atoms with Crippen LogP contribution in [0.2, 0.25) is 0 Å². The molecule has 0 bridgehead atoms. The van der Waals surface area contributed by atoms with Crippen LogP contribution >= 0.6 is 0 Å². The lowest BCUT2D eigenvalue weighted by molar-refractivity contribution is 0.481. The largest absolute Gasteiger partial charge is 0.323 e. The van der Waals surface area contributed by atoms with E-state index in [0.29, 0.717) is 0 Å². The van der Waals surface area contributed by atoms with Crippen LogP contribution < -0.4 is 5.73 Å². The first kappa shape index (κ1) is 10.9. The smallest absolute Gasteiger partial charge is 0.130 e. The Hall–Kier alpha value is -1.22. The van der Waals surface area contributed by atoms with Crippen LogP contribution in [0.5, 0.6) is 0 Å². The summed E-state index contributed by atoms with van der Waals surface area (Å²) in [6, 6.07) is 3.04. The predicted molar refractivity (Wildman–Crippen MR) is 52.6 cm³/mol. The van der Waals surface area contributed by atoms with E-state index >= 15 is 0 Å². The molecule has 0 spiro atoms. The van der Waals surface area contributed by atoms with E-state index in [2.05, 4.69) is 6.58 Å². The van der Waals surface area contributed by atoms with Crippen LogP contribution in [0.3, 0.4) is 0 Å². The van der Waals surface area contributed by atoms with Gasteiger partial charge in [0, 0.05) is 11.6 Å². The van der Waals surface area contributed by atoms with Crippen LogP contribution in [-0.4, -0.2) is 0 Å². The second-order valence-electron chi connectivity index (χ2n) is 3.26. The number of rotatable bonds is 3. The maximum Gasteiger partial charge on any atom is 0.130 e. The van der Waals surface area contributed by atoms with E-state index in [1.807, 2.05) is 0 Å². The predicted octanol–water partition coefficient (Wildman–Crippen LogP) is 2.79. The lowest BCUT2D eigenvalue weighted by Gasteiger charge is -2.17. The van der Waals surface area contributed by atoms with E-state index in [4.69, 9.17) is 5.73 Å². The van der Waals surface area contributed by atoms with Crippen LogP contribution in [0.15, 0.2) is 30.9 Å². The minimum atomic E-state index is -0.686. The second kappa shape index (κ2) is 4.33. The number of benzene rings is 1. The third-order valence-electron chi connectivity index (χ3n) is 2.27. The summed E-state index contributed by atoms with van der Waals surface area (Å²) in [4.78, 5) is 0. The van der Waals surface area contributed by atoms with Crippen molar-refractivity contribution in [1.82, 2.24) is 0 Å². The molecule has 2 atom stereocenters. The molecule has 0 saturated carbocycles. The molecule has 1 aromatic carbocycles. The maximum absolute atomic E-state index is 13.2. The number of halogens is 2. The van der Waals surface area contributed by atoms with Gasteiger partial charge in [0.05, 0.1) is 0 Å². The Balaban J connectivity index is 3.11. The van der Waals surface area contributed by atoms with Crippen LogP contribution in [0.1, 0.15) is 18.5 Å². The fraction of sp³-hybridized carbons (Fsp3) is 0.273. The van der Waals surface area contributed by atoms with Gasteiger partial charge in [0.15, 0.2) is 0 Å². The van der Waals surface area contributed by atoms with E-state index in [1.54, 1.807) is 13.0 Å². The van der Waals surface area contributed by atoms with Gasteiger partial charge >= 0.3 is 0 Å². The van der Waals surface area contributed by atoms with Gasteiger partial charge in [-0.25, -0.2) is 8.78 Å². The Labute approximate surface area is 82.2 Å². The molecule has 0 aliphatic heterocycles. The number of hydrogen-bond donors (Lipinski definition) is 1. The SMILES string of the molecule is C=CC(C)C(N)c1c(F)cccc1F. The van der Waals surface area contributed by atoms with E-state index < -0.39 is 17.7 Å². The molecule has 0 saturated heterocycles. The Kier molecular flexibility index (Phi) is 3.36. The summed E-state index contributed by atoms with van der Waals surface area (Å²) in [6.07, 6.45) is 1.58. The van der Waals surface area contributed by atoms with E-state index in [0.717, 1.165) is 0 Å². The summed E-state index contributed by atoms with van der Waals surface area (Å²) in [5.74, 6) is -1.38. The van der Waals surface area contributed by atoms with Gasteiger partial charge in [-0.05, 0) is 18.1 Å². The molecule has 14 heavy (non-hydrogen) atoms. The minimum absolute atomic E-state index is 0.0695. The van der Waals surface area contributed by atoms with Crippen LogP contribution in [0, 0.1) is 17.6 Å². The monoisotopic (exact) mass is 197 g/mol. The Morgan fingerprint density at radius 2 is 1.86 bits per heavy atom. The zero-order valence-corrected chi connectivity index (χ0v) is 8.00. The van der Waals surface area contributed by atoms with Gasteiger partial charge < -0.3 is 5.73 Å². The molecule has 76 valence electrons. The van der Waals surface area contributed by atoms with Gasteiger partial charge in [0.1, 0.15) is 11.6 Å². The highest BCUT2D eigenvalue weighted by Crippen LogP contribution is 2.25. The van der Waals surface area contributed by atoms with E-state index in [9.17, 15) is 8.78 Å². The highest BCUT2D eigenvalue weighted by atomic mass is 19.1. The average Bonchev–Trinajstić information content (AvgIpc) is 2.16. The standard InChI is InChI=1S/C11H13F2N/c1-3-7(2)11(14)10-8(12)5-4-6-9(10)13/h3-7,11H,1,14H2,2H3. The Bertz CT molecular complexity index is 316. The highest BCUT2D eigenvalue weighted by molar-refractivity contribution is 5.24. The molecule has 3 heteroatoms. The Morgan fingerprint density at radius 1 is 1.36 bits per heavy atom. The van der Waals surface area contributed by atoms with Gasteiger partial charge in [-0.2, -0.15) is 0 Å². The molecule has 0 radical (unpaired) electrons. The summed E-state index contributed by atoms with van der Waals surface area (Å²) in [5.41, 5.74) is 5.63. The summed E-state index contributed by atoms with van der Waals surface area (Å²) < 4.78 is 26.5. The van der Waals surface area contributed by atoms with Crippen molar-refractivity contribution in [3.8, 4) is 0 Å². The van der Waals surface area contributed by atoms with E-state index in [-0.39, 0.29) is 11.5 Å². The first-order chi connectivity index (χ1) is 6.57. The van der Waals surface area contributed by atoms with Crippen molar-refractivity contribution < 1.29 is 8.78 Å². The molecule has 0 heterocycles. The van der Waals surface area contributed by atoms with Crippen LogP contribution in [-0.2, 0) is 0 Å². The van der Waals surface area contributed by atoms with Crippen molar-refractivity contribution in [1.29, 1.82) is 0 Å². The van der Waals surface area contributed by atoms with Gasteiger partial charge in [-0.1, -0.05) is 19.1 Å². The Morgan fingerprint density at radius 3 is 2.29 bits per heavy atom. The average molecular weight is 197 g/mol. The first-order valence-electron chi connectivity index (χ1n) is 4.40. The van der Waals surface area contributed by atoms with Crippen LogP contribution in [0.4, 0.5) is 8.78 Å². The molecule has 1 aromatic rings. The fourth-order valence-corrected chi connectivity index (χ4v) is 1.24. The van der Waals surface area contributed by atoms with Gasteiger partial charge in [0.25, 0.3) is 0 Å². The van der Waals surface area contributed by atoms with Gasteiger partial charge in [-0.3, -0.25) is 0 Å². The van der Waals surface area contributed by atoms with Crippen LogP contribution in [0.25, 0.3) is 0 Å². The highest BCUT2D eigenvalue weighted by Gasteiger charge is 2.19. The van der Waals surface area contributed by atoms with Crippen molar-refractivity contribution in [2.75, 3.05) is 0 Å². The quantitative estimate of drug-likeness (QED) is 0.741. The third kappa shape index (κ3) is 1.99. The summed E-state index contributed by atoms with van der Waals surface area (Å²) in [5, 5.41) is 0. The molecule has 1 rings (SSSR count). The van der Waals surface area contributed by atoms with Crippen molar-refractivity contribution in [2.24, 2.45) is 11.7 Å². The third-order valence-corrected chi connectivity index (χ3v) is 2.27. The lowest BCUT2D eigenvalue weighted by Crippen LogP contribution is -2.20. The van der Waals surface area contributed by atoms with Gasteiger partial charge in [0.2, 0.25) is 0 Å². The summed E-state index contributed by atoms with van der Waals surface area (Å²) in [6.45, 7) is 5.31. The summed E-state index contributed by atoms with van der Waals surface area (Å²) >= 11 is 0. The molecular formula is C11H13F2N. The maximum atomic E-state index is 13.2. The van der Waals surface area contributed by atoms with E-state index in [1.165, 1.54) is 18.2 Å². The topological polar surface area (TPSA) is 26.0 Å². The van der Waals surface area contributed by atoms with Crippen molar-refractivity contribution in [3.05, 3.63) is 48.1 Å². The lowest BCUT2D eigenvalue weighted by atomic mass is 9.95. The molecule has 0 fully saturated rings. The normalized spacial score (nSPS) is 14.9. The van der Waals surface area contributed by atoms with Gasteiger partial charge in [-0.15, -0.1) is 6.58 Å². The van der Waals surface area contributed by atoms with Crippen molar-refractivity contribution >= 4 is 0 Å². The van der Waals surface area contributed by atoms with Crippen molar-refractivity contribution in [3.63, 3.8) is 0 Å². The zero-order chi connectivity index (χ0) is 10.7. The number of hydrogen-bond acceptors (Lipinski definition) is 1. The molecule has 2 N–H and O–H groups in total. The zero-order valence-electron chi connectivity index (χ0n) is 8.00. The van der Waals surface area contributed by atoms with Crippen molar-refractivity contribution in [2.45, 2.75) is 13.0 Å². The molecule has 0 aliphatic carbocycles. The molecule has 2 unspecified atom stereocenters. The second-order valence-corrected chi connectivity index (χ2v) is 3.26. The molecule has 0 amide bonds. The molecule has 0 aliphatic rings. The molecule has 0 aromatic heterocycles. The number of nitrogens with two attached hydrogens (primary N) is 1.